The zero-order chi connectivity index (χ0) is 19.3. The van der Waals surface area contributed by atoms with Gasteiger partial charge in [-0.1, -0.05) is 18.2 Å². The molecule has 6 heteroatoms. The van der Waals surface area contributed by atoms with Crippen molar-refractivity contribution in [3.63, 3.8) is 0 Å². The van der Waals surface area contributed by atoms with E-state index in [-0.39, 0.29) is 17.8 Å². The summed E-state index contributed by atoms with van der Waals surface area (Å²) in [5, 5.41) is 0. The Bertz CT molecular complexity index is 815. The second kappa shape index (κ2) is 8.61. The summed E-state index contributed by atoms with van der Waals surface area (Å²) in [7, 11) is 0. The lowest BCUT2D eigenvalue weighted by molar-refractivity contribution is -0.141. The Morgan fingerprint density at radius 1 is 1.11 bits per heavy atom. The Balaban J connectivity index is 1.32. The number of amides is 1. The van der Waals surface area contributed by atoms with Crippen LogP contribution in [-0.2, 0) is 16.1 Å². The molecule has 0 aliphatic carbocycles. The van der Waals surface area contributed by atoms with Crippen LogP contribution in [0.25, 0.3) is 0 Å². The number of halogens is 1. The molecule has 28 heavy (non-hydrogen) atoms. The van der Waals surface area contributed by atoms with E-state index in [0.29, 0.717) is 26.3 Å². The average molecular weight is 384 g/mol. The van der Waals surface area contributed by atoms with Gasteiger partial charge in [0.15, 0.2) is 0 Å². The molecule has 1 atom stereocenters. The van der Waals surface area contributed by atoms with E-state index in [2.05, 4.69) is 4.90 Å². The van der Waals surface area contributed by atoms with Crippen molar-refractivity contribution in [3.8, 4) is 5.75 Å². The third kappa shape index (κ3) is 4.44. The highest BCUT2D eigenvalue weighted by Crippen LogP contribution is 2.24. The molecule has 2 aromatic rings. The molecule has 2 aromatic carbocycles. The van der Waals surface area contributed by atoms with Gasteiger partial charge in [0.1, 0.15) is 24.3 Å². The molecule has 0 aromatic heterocycles. The molecule has 0 bridgehead atoms. The Morgan fingerprint density at radius 2 is 1.93 bits per heavy atom. The van der Waals surface area contributed by atoms with E-state index >= 15 is 0 Å². The minimum Gasteiger partial charge on any atom is -0.489 e. The summed E-state index contributed by atoms with van der Waals surface area (Å²) in [6.07, 6.45) is 1.56. The van der Waals surface area contributed by atoms with Crippen molar-refractivity contribution in [1.82, 2.24) is 4.90 Å². The van der Waals surface area contributed by atoms with E-state index in [9.17, 15) is 9.18 Å². The number of piperazine rings is 1. The molecule has 5 nitrogen and oxygen atoms in total. The highest BCUT2D eigenvalue weighted by molar-refractivity contribution is 5.81. The number of nitrogens with zero attached hydrogens (tertiary/aromatic N) is 2. The molecule has 1 unspecified atom stereocenters. The number of rotatable bonds is 5. The smallest absolute Gasteiger partial charge is 0.251 e. The topological polar surface area (TPSA) is 42.0 Å². The van der Waals surface area contributed by atoms with Crippen molar-refractivity contribution in [2.45, 2.75) is 25.6 Å². The van der Waals surface area contributed by atoms with Crippen molar-refractivity contribution in [3.05, 3.63) is 59.9 Å². The van der Waals surface area contributed by atoms with E-state index < -0.39 is 0 Å². The maximum atomic E-state index is 13.3. The van der Waals surface area contributed by atoms with Crippen LogP contribution in [0.5, 0.6) is 5.75 Å². The summed E-state index contributed by atoms with van der Waals surface area (Å²) >= 11 is 0. The Labute approximate surface area is 164 Å². The molecule has 0 saturated carbocycles. The molecule has 2 aliphatic heterocycles. The number of hydrogen-bond donors (Lipinski definition) is 0. The first-order valence-corrected chi connectivity index (χ1v) is 9.82. The third-order valence-electron chi connectivity index (χ3n) is 5.27. The van der Waals surface area contributed by atoms with Crippen LogP contribution in [0.3, 0.4) is 0 Å². The number of hydrogen-bond acceptors (Lipinski definition) is 4. The number of ether oxygens (including phenoxy) is 2. The maximum absolute atomic E-state index is 13.3. The average Bonchev–Trinajstić information content (AvgIpc) is 3.27. The molecule has 2 heterocycles. The van der Waals surface area contributed by atoms with Gasteiger partial charge in [-0.3, -0.25) is 4.79 Å². The molecule has 0 radical (unpaired) electrons. The predicted octanol–water partition coefficient (Wildman–Crippen LogP) is 3.23. The summed E-state index contributed by atoms with van der Waals surface area (Å²) in [5.74, 6) is 0.620. The summed E-state index contributed by atoms with van der Waals surface area (Å²) < 4.78 is 24.6. The van der Waals surface area contributed by atoms with E-state index in [1.54, 1.807) is 6.07 Å². The fourth-order valence-electron chi connectivity index (χ4n) is 3.72. The van der Waals surface area contributed by atoms with Gasteiger partial charge < -0.3 is 19.3 Å². The van der Waals surface area contributed by atoms with Gasteiger partial charge in [-0.15, -0.1) is 0 Å². The third-order valence-corrected chi connectivity index (χ3v) is 5.27. The summed E-state index contributed by atoms with van der Waals surface area (Å²) in [4.78, 5) is 16.6. The van der Waals surface area contributed by atoms with Crippen LogP contribution < -0.4 is 9.64 Å². The van der Waals surface area contributed by atoms with Crippen molar-refractivity contribution in [2.75, 3.05) is 37.7 Å². The van der Waals surface area contributed by atoms with Gasteiger partial charge in [-0.2, -0.15) is 0 Å². The molecule has 0 N–H and O–H groups in total. The van der Waals surface area contributed by atoms with Crippen LogP contribution in [0.2, 0.25) is 0 Å². The monoisotopic (exact) mass is 384 g/mol. The Morgan fingerprint density at radius 3 is 2.68 bits per heavy atom. The first-order chi connectivity index (χ1) is 13.7. The highest BCUT2D eigenvalue weighted by Gasteiger charge is 2.30. The van der Waals surface area contributed by atoms with E-state index in [1.165, 1.54) is 12.1 Å². The molecule has 0 spiro atoms. The van der Waals surface area contributed by atoms with Gasteiger partial charge in [0, 0.05) is 44.5 Å². The molecular formula is C22H25FN2O3. The Kier molecular flexibility index (Phi) is 5.76. The van der Waals surface area contributed by atoms with E-state index in [0.717, 1.165) is 42.9 Å². The number of benzene rings is 2. The fraction of sp³-hybridized carbons (Fsp3) is 0.409. The lowest BCUT2D eigenvalue weighted by Gasteiger charge is -2.37. The van der Waals surface area contributed by atoms with Gasteiger partial charge in [-0.05, 0) is 42.7 Å². The molecule has 2 aliphatic rings. The van der Waals surface area contributed by atoms with Crippen LogP contribution in [-0.4, -0.2) is 49.7 Å². The van der Waals surface area contributed by atoms with Crippen LogP contribution in [0.15, 0.2) is 48.5 Å². The quantitative estimate of drug-likeness (QED) is 0.794. The van der Waals surface area contributed by atoms with Gasteiger partial charge in [0.25, 0.3) is 5.91 Å². The second-order valence-electron chi connectivity index (χ2n) is 7.23. The minimum atomic E-state index is -0.259. The first-order valence-electron chi connectivity index (χ1n) is 9.82. The van der Waals surface area contributed by atoms with Gasteiger partial charge in [0.05, 0.1) is 0 Å². The summed E-state index contributed by atoms with van der Waals surface area (Å²) in [5.41, 5.74) is 1.87. The molecule has 2 saturated heterocycles. The minimum absolute atomic E-state index is 0.129. The van der Waals surface area contributed by atoms with Crippen molar-refractivity contribution < 1.29 is 18.7 Å². The highest BCUT2D eigenvalue weighted by atomic mass is 19.1. The Hall–Kier alpha value is -2.60. The first kappa shape index (κ1) is 18.7. The standard InChI is InChI=1S/C22H25FN2O3/c23-18-5-1-4-17(14-18)16-28-20-7-2-6-19(15-20)24-9-11-25(12-10-24)22(26)21-8-3-13-27-21/h1-2,4-7,14-15,21H,3,8-13,16H2. The van der Waals surface area contributed by atoms with E-state index in [1.807, 2.05) is 35.2 Å². The molecule has 4 rings (SSSR count). The normalized spacial score (nSPS) is 19.7. The molecular weight excluding hydrogens is 359 g/mol. The zero-order valence-corrected chi connectivity index (χ0v) is 15.9. The second-order valence-corrected chi connectivity index (χ2v) is 7.23. The van der Waals surface area contributed by atoms with E-state index in [4.69, 9.17) is 9.47 Å². The van der Waals surface area contributed by atoms with Gasteiger partial charge in [-0.25, -0.2) is 4.39 Å². The van der Waals surface area contributed by atoms with Crippen molar-refractivity contribution >= 4 is 11.6 Å². The maximum Gasteiger partial charge on any atom is 0.251 e. The van der Waals surface area contributed by atoms with Gasteiger partial charge >= 0.3 is 0 Å². The fourth-order valence-corrected chi connectivity index (χ4v) is 3.72. The summed E-state index contributed by atoms with van der Waals surface area (Å²) in [6.45, 7) is 3.99. The lowest BCUT2D eigenvalue weighted by atomic mass is 10.2. The summed E-state index contributed by atoms with van der Waals surface area (Å²) in [6, 6.07) is 14.3. The van der Waals surface area contributed by atoms with Gasteiger partial charge in [0.2, 0.25) is 0 Å². The number of carbonyl (C=O) groups excluding carboxylic acids is 1. The van der Waals surface area contributed by atoms with Crippen LogP contribution >= 0.6 is 0 Å². The van der Waals surface area contributed by atoms with Crippen molar-refractivity contribution in [1.29, 1.82) is 0 Å². The SMILES string of the molecule is O=C(C1CCCO1)N1CCN(c2cccc(OCc3cccc(F)c3)c2)CC1. The van der Waals surface area contributed by atoms with Crippen LogP contribution in [0.4, 0.5) is 10.1 Å². The van der Waals surface area contributed by atoms with Crippen LogP contribution in [0, 0.1) is 5.82 Å². The predicted molar refractivity (Wildman–Crippen MR) is 105 cm³/mol. The number of anilines is 1. The van der Waals surface area contributed by atoms with Crippen molar-refractivity contribution in [2.24, 2.45) is 0 Å². The molecule has 148 valence electrons. The lowest BCUT2D eigenvalue weighted by Crippen LogP contribution is -2.51. The molecule has 2 fully saturated rings. The largest absolute Gasteiger partial charge is 0.489 e. The zero-order valence-electron chi connectivity index (χ0n) is 15.9. The van der Waals surface area contributed by atoms with Crippen LogP contribution in [0.1, 0.15) is 18.4 Å². The number of carbonyl (C=O) groups is 1. The molecule has 1 amide bonds.